The summed E-state index contributed by atoms with van der Waals surface area (Å²) in [4.78, 5) is 50.0. The molecule has 0 aliphatic rings. The summed E-state index contributed by atoms with van der Waals surface area (Å²) in [6, 6.07) is 0. The highest BCUT2D eigenvalue weighted by atomic mass is 19.4. The molecular formula is C25H42F6N4O6. The monoisotopic (exact) mass is 608 g/mol. The van der Waals surface area contributed by atoms with Gasteiger partial charge in [-0.3, -0.25) is 14.4 Å². The van der Waals surface area contributed by atoms with Crippen molar-refractivity contribution in [2.24, 2.45) is 0 Å². The van der Waals surface area contributed by atoms with E-state index in [0.29, 0.717) is 12.8 Å². The first kappa shape index (κ1) is 38.2. The van der Waals surface area contributed by atoms with Gasteiger partial charge >= 0.3 is 30.3 Å². The number of rotatable bonds is 15. The number of nitrogens with one attached hydrogen (secondary N) is 2. The van der Waals surface area contributed by atoms with Crippen LogP contribution in [-0.2, 0) is 23.9 Å². The van der Waals surface area contributed by atoms with E-state index < -0.39 is 47.4 Å². The minimum Gasteiger partial charge on any atom is -0.444 e. The van der Waals surface area contributed by atoms with Crippen molar-refractivity contribution in [1.29, 1.82) is 0 Å². The maximum atomic E-state index is 12.7. The number of carbonyl (C=O) groups excluding carboxylic acids is 4. The Morgan fingerprint density at radius 3 is 1.39 bits per heavy atom. The molecule has 0 aromatic heterocycles. The summed E-state index contributed by atoms with van der Waals surface area (Å²) in [6.07, 6.45) is -9.94. The highest BCUT2D eigenvalue weighted by molar-refractivity contribution is 5.82. The van der Waals surface area contributed by atoms with Crippen molar-refractivity contribution >= 4 is 23.8 Å². The van der Waals surface area contributed by atoms with Gasteiger partial charge in [0.15, 0.2) is 0 Å². The summed E-state index contributed by atoms with van der Waals surface area (Å²) in [5, 5.41) is 3.48. The molecule has 0 bridgehead atoms. The molecular weight excluding hydrogens is 566 g/mol. The van der Waals surface area contributed by atoms with Gasteiger partial charge in [-0.15, -0.1) is 0 Å². The molecule has 2 N–H and O–H groups in total. The number of unbranched alkanes of at least 4 members (excludes halogenated alkanes) is 1. The fourth-order valence-electron chi connectivity index (χ4n) is 3.10. The fraction of sp³-hybridized carbons (Fsp3) is 0.840. The van der Waals surface area contributed by atoms with Crippen LogP contribution in [0.25, 0.3) is 0 Å². The van der Waals surface area contributed by atoms with Crippen LogP contribution in [0.3, 0.4) is 0 Å². The zero-order chi connectivity index (χ0) is 32.1. The third kappa shape index (κ3) is 19.1. The molecule has 16 heteroatoms. The summed E-state index contributed by atoms with van der Waals surface area (Å²) in [6.45, 7) is 9.61. The van der Waals surface area contributed by atoms with E-state index in [-0.39, 0.29) is 58.7 Å². The highest BCUT2D eigenvalue weighted by Gasteiger charge is 2.39. The largest absolute Gasteiger partial charge is 0.471 e. The number of amides is 4. The van der Waals surface area contributed by atoms with E-state index in [2.05, 4.69) is 0 Å². The molecule has 0 saturated carbocycles. The number of ether oxygens (including phenoxy) is 2. The van der Waals surface area contributed by atoms with Gasteiger partial charge in [-0.25, -0.2) is 4.79 Å². The van der Waals surface area contributed by atoms with Crippen molar-refractivity contribution in [3.05, 3.63) is 0 Å². The van der Waals surface area contributed by atoms with Crippen LogP contribution in [0.15, 0.2) is 0 Å². The zero-order valence-electron chi connectivity index (χ0n) is 24.4. The second-order valence-electron chi connectivity index (χ2n) is 11.2. The lowest BCUT2D eigenvalue weighted by molar-refractivity contribution is -0.173. The zero-order valence-corrected chi connectivity index (χ0v) is 24.4. The molecule has 0 saturated heterocycles. The summed E-state index contributed by atoms with van der Waals surface area (Å²) in [5.41, 5.74) is -1.45. The maximum Gasteiger partial charge on any atom is 0.471 e. The fourth-order valence-corrected chi connectivity index (χ4v) is 3.10. The molecule has 0 radical (unpaired) electrons. The Hall–Kier alpha value is -2.78. The molecule has 0 unspecified atom stereocenters. The van der Waals surface area contributed by atoms with Gasteiger partial charge in [0.2, 0.25) is 5.91 Å². The van der Waals surface area contributed by atoms with Gasteiger partial charge in [-0.05, 0) is 67.2 Å². The van der Waals surface area contributed by atoms with Crippen LogP contribution in [-0.4, -0.2) is 103 Å². The summed E-state index contributed by atoms with van der Waals surface area (Å²) in [5.74, 6) is -4.57. The number of halogens is 6. The van der Waals surface area contributed by atoms with Gasteiger partial charge in [0, 0.05) is 39.3 Å². The third-order valence-electron chi connectivity index (χ3n) is 5.03. The third-order valence-corrected chi connectivity index (χ3v) is 5.03. The Morgan fingerprint density at radius 1 is 0.610 bits per heavy atom. The molecule has 0 fully saturated rings. The Morgan fingerprint density at radius 2 is 1.00 bits per heavy atom. The Labute approximate surface area is 236 Å². The molecule has 0 aliphatic heterocycles. The number of alkyl halides is 6. The number of carbonyl (C=O) groups is 4. The highest BCUT2D eigenvalue weighted by Crippen LogP contribution is 2.15. The van der Waals surface area contributed by atoms with E-state index >= 15 is 0 Å². The minimum atomic E-state index is -5.02. The van der Waals surface area contributed by atoms with Crippen molar-refractivity contribution in [2.45, 2.75) is 90.8 Å². The summed E-state index contributed by atoms with van der Waals surface area (Å²) >= 11 is 0. The van der Waals surface area contributed by atoms with Gasteiger partial charge in [-0.1, -0.05) is 0 Å². The molecule has 0 spiro atoms. The van der Waals surface area contributed by atoms with Gasteiger partial charge in [-0.2, -0.15) is 26.3 Å². The molecule has 4 amide bonds. The lowest BCUT2D eigenvalue weighted by atomic mass is 10.2. The van der Waals surface area contributed by atoms with Crippen molar-refractivity contribution in [3.8, 4) is 0 Å². The smallest absolute Gasteiger partial charge is 0.444 e. The van der Waals surface area contributed by atoms with E-state index in [1.165, 1.54) is 9.80 Å². The SMILES string of the molecule is CC(C)(C)OCC(=O)N(CCCCN(CCCNC(=O)C(F)(F)F)C(=O)OC(C)(C)C)CCCNC(=O)C(F)(F)F. The molecule has 0 aliphatic carbocycles. The standard InChI is InChI=1S/C25H42F6N4O6/c1-22(2,3)40-17-18(36)34(15-9-11-32-19(37)24(26,27)28)13-7-8-14-35(21(39)41-23(4,5)6)16-10-12-33-20(38)25(29,30)31/h7-17H2,1-6H3,(H,32,37)(H,33,38). The van der Waals surface area contributed by atoms with E-state index in [4.69, 9.17) is 9.47 Å². The van der Waals surface area contributed by atoms with Crippen LogP contribution in [0.1, 0.15) is 67.2 Å². The van der Waals surface area contributed by atoms with E-state index in [0.717, 1.165) is 0 Å². The van der Waals surface area contributed by atoms with Crippen LogP contribution in [0.4, 0.5) is 31.1 Å². The van der Waals surface area contributed by atoms with Gasteiger partial charge in [0.05, 0.1) is 5.60 Å². The van der Waals surface area contributed by atoms with Crippen molar-refractivity contribution in [3.63, 3.8) is 0 Å². The topological polar surface area (TPSA) is 117 Å². The Balaban J connectivity index is 5.08. The van der Waals surface area contributed by atoms with E-state index in [1.54, 1.807) is 52.2 Å². The Bertz CT molecular complexity index is 853. The second kappa shape index (κ2) is 16.6. The van der Waals surface area contributed by atoms with Crippen LogP contribution < -0.4 is 10.6 Å². The molecule has 0 heterocycles. The van der Waals surface area contributed by atoms with Crippen LogP contribution in [0.2, 0.25) is 0 Å². The van der Waals surface area contributed by atoms with Crippen molar-refractivity contribution < 1.29 is 55.0 Å². The van der Waals surface area contributed by atoms with Crippen LogP contribution in [0.5, 0.6) is 0 Å². The Kier molecular flexibility index (Phi) is 15.5. The quantitative estimate of drug-likeness (QED) is 0.216. The average Bonchev–Trinajstić information content (AvgIpc) is 2.79. The van der Waals surface area contributed by atoms with Crippen molar-refractivity contribution in [1.82, 2.24) is 20.4 Å². The predicted molar refractivity (Wildman–Crippen MR) is 137 cm³/mol. The molecule has 0 aromatic rings. The summed E-state index contributed by atoms with van der Waals surface area (Å²) < 4.78 is 85.1. The first-order chi connectivity index (χ1) is 18.5. The molecule has 240 valence electrons. The van der Waals surface area contributed by atoms with Crippen LogP contribution in [0, 0.1) is 0 Å². The maximum absolute atomic E-state index is 12.7. The second-order valence-corrected chi connectivity index (χ2v) is 11.2. The molecule has 41 heavy (non-hydrogen) atoms. The first-order valence-corrected chi connectivity index (χ1v) is 13.1. The van der Waals surface area contributed by atoms with Crippen molar-refractivity contribution in [2.75, 3.05) is 45.9 Å². The number of hydrogen-bond acceptors (Lipinski definition) is 6. The lowest BCUT2D eigenvalue weighted by Crippen LogP contribution is -2.42. The first-order valence-electron chi connectivity index (χ1n) is 13.1. The molecule has 10 nitrogen and oxygen atoms in total. The van der Waals surface area contributed by atoms with Gasteiger partial charge in [0.25, 0.3) is 0 Å². The average molecular weight is 609 g/mol. The van der Waals surface area contributed by atoms with Crippen LogP contribution >= 0.6 is 0 Å². The normalized spacial score (nSPS) is 12.5. The van der Waals surface area contributed by atoms with Gasteiger partial charge < -0.3 is 29.9 Å². The van der Waals surface area contributed by atoms with E-state index in [9.17, 15) is 45.5 Å². The predicted octanol–water partition coefficient (Wildman–Crippen LogP) is 3.78. The summed E-state index contributed by atoms with van der Waals surface area (Å²) in [7, 11) is 0. The molecule has 0 rings (SSSR count). The molecule has 0 aromatic carbocycles. The number of hydrogen-bond donors (Lipinski definition) is 2. The minimum absolute atomic E-state index is 0.00593. The van der Waals surface area contributed by atoms with E-state index in [1.807, 2.05) is 0 Å². The van der Waals surface area contributed by atoms with Gasteiger partial charge in [0.1, 0.15) is 12.2 Å². The number of nitrogens with zero attached hydrogens (tertiary/aromatic N) is 2. The molecule has 0 atom stereocenters. The lowest BCUT2D eigenvalue weighted by Gasteiger charge is -2.28.